The number of rotatable bonds is 8. The SMILES string of the molecule is CCCNC(=O)CCC(=O)N1N=C(c2ccccc2)CC1c1ccc(OC)cc1. The standard InChI is InChI=1S/C23H27N3O3/c1-3-15-24-22(27)13-14-23(28)26-21(18-9-11-19(29-2)12-10-18)16-20(25-26)17-7-5-4-6-8-17/h4-12,21H,3,13-16H2,1-2H3,(H,24,27). The first kappa shape index (κ1) is 20.6. The van der Waals surface area contributed by atoms with Crippen LogP contribution in [0.4, 0.5) is 0 Å². The van der Waals surface area contributed by atoms with Gasteiger partial charge in [-0.1, -0.05) is 49.4 Å². The molecule has 152 valence electrons. The molecule has 1 aliphatic rings. The average Bonchev–Trinajstić information content (AvgIpc) is 3.22. The van der Waals surface area contributed by atoms with Crippen LogP contribution in [0.5, 0.6) is 5.75 Å². The number of carbonyl (C=O) groups is 2. The van der Waals surface area contributed by atoms with Crippen molar-refractivity contribution in [1.82, 2.24) is 10.3 Å². The molecule has 0 fully saturated rings. The van der Waals surface area contributed by atoms with Crippen molar-refractivity contribution < 1.29 is 14.3 Å². The zero-order valence-electron chi connectivity index (χ0n) is 16.9. The summed E-state index contributed by atoms with van der Waals surface area (Å²) < 4.78 is 5.24. The van der Waals surface area contributed by atoms with Gasteiger partial charge in [0.2, 0.25) is 11.8 Å². The highest BCUT2D eigenvalue weighted by Crippen LogP contribution is 2.34. The second kappa shape index (κ2) is 9.87. The number of benzene rings is 2. The molecule has 1 aliphatic heterocycles. The molecular weight excluding hydrogens is 366 g/mol. The van der Waals surface area contributed by atoms with Crippen LogP contribution in [-0.2, 0) is 9.59 Å². The number of methoxy groups -OCH3 is 1. The van der Waals surface area contributed by atoms with E-state index in [4.69, 9.17) is 4.74 Å². The van der Waals surface area contributed by atoms with Gasteiger partial charge in [0.05, 0.1) is 18.9 Å². The fourth-order valence-electron chi connectivity index (χ4n) is 3.32. The molecule has 0 saturated carbocycles. The number of hydrogen-bond donors (Lipinski definition) is 1. The second-order valence-corrected chi connectivity index (χ2v) is 6.99. The molecule has 29 heavy (non-hydrogen) atoms. The Hall–Kier alpha value is -3.15. The van der Waals surface area contributed by atoms with Crippen LogP contribution < -0.4 is 10.1 Å². The smallest absolute Gasteiger partial charge is 0.243 e. The highest BCUT2D eigenvalue weighted by atomic mass is 16.5. The first-order chi connectivity index (χ1) is 14.1. The lowest BCUT2D eigenvalue weighted by atomic mass is 9.98. The van der Waals surface area contributed by atoms with Crippen LogP contribution in [0.15, 0.2) is 59.7 Å². The molecule has 1 heterocycles. The van der Waals surface area contributed by atoms with Crippen molar-refractivity contribution in [2.45, 2.75) is 38.6 Å². The Balaban J connectivity index is 1.78. The summed E-state index contributed by atoms with van der Waals surface area (Å²) in [6.07, 6.45) is 1.80. The third-order valence-corrected chi connectivity index (χ3v) is 4.91. The lowest BCUT2D eigenvalue weighted by Gasteiger charge is -2.22. The van der Waals surface area contributed by atoms with Crippen molar-refractivity contribution in [3.05, 3.63) is 65.7 Å². The first-order valence-corrected chi connectivity index (χ1v) is 9.98. The monoisotopic (exact) mass is 393 g/mol. The number of hydrazone groups is 1. The van der Waals surface area contributed by atoms with E-state index < -0.39 is 0 Å². The quantitative estimate of drug-likeness (QED) is 0.744. The number of ether oxygens (including phenoxy) is 1. The van der Waals surface area contributed by atoms with Crippen molar-refractivity contribution in [2.75, 3.05) is 13.7 Å². The molecule has 0 radical (unpaired) electrons. The minimum Gasteiger partial charge on any atom is -0.497 e. The summed E-state index contributed by atoms with van der Waals surface area (Å²) in [5, 5.41) is 8.98. The van der Waals surface area contributed by atoms with Gasteiger partial charge in [-0.2, -0.15) is 5.10 Å². The second-order valence-electron chi connectivity index (χ2n) is 6.99. The van der Waals surface area contributed by atoms with Gasteiger partial charge in [0.1, 0.15) is 5.75 Å². The maximum Gasteiger partial charge on any atom is 0.243 e. The van der Waals surface area contributed by atoms with E-state index in [9.17, 15) is 9.59 Å². The summed E-state index contributed by atoms with van der Waals surface area (Å²) in [5.74, 6) is 0.512. The molecule has 2 aromatic rings. The first-order valence-electron chi connectivity index (χ1n) is 9.98. The Bertz CT molecular complexity index is 863. The van der Waals surface area contributed by atoms with Gasteiger partial charge in [-0.05, 0) is 29.7 Å². The minimum atomic E-state index is -0.192. The molecule has 1 N–H and O–H groups in total. The number of nitrogens with one attached hydrogen (secondary N) is 1. The topological polar surface area (TPSA) is 71.0 Å². The van der Waals surface area contributed by atoms with Crippen LogP contribution in [0.25, 0.3) is 0 Å². The van der Waals surface area contributed by atoms with Crippen LogP contribution in [0, 0.1) is 0 Å². The summed E-state index contributed by atoms with van der Waals surface area (Å²) >= 11 is 0. The van der Waals surface area contributed by atoms with Gasteiger partial charge >= 0.3 is 0 Å². The summed E-state index contributed by atoms with van der Waals surface area (Å²) in [7, 11) is 1.63. The molecule has 0 bridgehead atoms. The molecule has 6 nitrogen and oxygen atoms in total. The summed E-state index contributed by atoms with van der Waals surface area (Å²) in [5.41, 5.74) is 2.86. The Morgan fingerprint density at radius 1 is 1.10 bits per heavy atom. The fraction of sp³-hybridized carbons (Fsp3) is 0.348. The van der Waals surface area contributed by atoms with E-state index in [1.165, 1.54) is 5.01 Å². The Morgan fingerprint density at radius 3 is 2.48 bits per heavy atom. The fourth-order valence-corrected chi connectivity index (χ4v) is 3.32. The average molecular weight is 393 g/mol. The normalized spacial score (nSPS) is 15.7. The molecule has 2 aromatic carbocycles. The number of hydrogen-bond acceptors (Lipinski definition) is 4. The van der Waals surface area contributed by atoms with E-state index >= 15 is 0 Å². The van der Waals surface area contributed by atoms with E-state index in [0.29, 0.717) is 13.0 Å². The zero-order valence-corrected chi connectivity index (χ0v) is 16.9. The Morgan fingerprint density at radius 2 is 1.83 bits per heavy atom. The summed E-state index contributed by atoms with van der Waals surface area (Å²) in [6, 6.07) is 17.4. The van der Waals surface area contributed by atoms with Crippen molar-refractivity contribution in [2.24, 2.45) is 5.10 Å². The molecule has 0 aromatic heterocycles. The van der Waals surface area contributed by atoms with E-state index in [1.54, 1.807) is 7.11 Å². The molecule has 1 unspecified atom stereocenters. The summed E-state index contributed by atoms with van der Waals surface area (Å²) in [4.78, 5) is 24.8. The molecule has 3 rings (SSSR count). The largest absolute Gasteiger partial charge is 0.497 e. The third kappa shape index (κ3) is 5.22. The lowest BCUT2D eigenvalue weighted by molar-refractivity contribution is -0.135. The van der Waals surface area contributed by atoms with Crippen LogP contribution in [-0.4, -0.2) is 36.2 Å². The van der Waals surface area contributed by atoms with Crippen molar-refractivity contribution in [1.29, 1.82) is 0 Å². The van der Waals surface area contributed by atoms with E-state index in [-0.39, 0.29) is 30.7 Å². The van der Waals surface area contributed by atoms with Gasteiger partial charge in [-0.3, -0.25) is 9.59 Å². The molecule has 2 amide bonds. The predicted molar refractivity (Wildman–Crippen MR) is 113 cm³/mol. The van der Waals surface area contributed by atoms with Gasteiger partial charge in [-0.25, -0.2) is 5.01 Å². The van der Waals surface area contributed by atoms with Crippen molar-refractivity contribution in [3.63, 3.8) is 0 Å². The van der Waals surface area contributed by atoms with E-state index in [2.05, 4.69) is 10.4 Å². The maximum absolute atomic E-state index is 12.9. The molecular formula is C23H27N3O3. The van der Waals surface area contributed by atoms with Crippen LogP contribution >= 0.6 is 0 Å². The lowest BCUT2D eigenvalue weighted by Crippen LogP contribution is -2.30. The highest BCUT2D eigenvalue weighted by molar-refractivity contribution is 6.03. The zero-order chi connectivity index (χ0) is 20.6. The Kier molecular flexibility index (Phi) is 7.00. The molecule has 0 spiro atoms. The van der Waals surface area contributed by atoms with Crippen molar-refractivity contribution in [3.8, 4) is 5.75 Å². The number of nitrogens with zero attached hydrogens (tertiary/aromatic N) is 2. The third-order valence-electron chi connectivity index (χ3n) is 4.91. The van der Waals surface area contributed by atoms with Crippen LogP contribution in [0.1, 0.15) is 49.8 Å². The van der Waals surface area contributed by atoms with Gasteiger partial charge in [-0.15, -0.1) is 0 Å². The number of carbonyl (C=O) groups excluding carboxylic acids is 2. The molecule has 0 aliphatic carbocycles. The van der Waals surface area contributed by atoms with Gasteiger partial charge in [0.15, 0.2) is 0 Å². The molecule has 1 atom stereocenters. The van der Waals surface area contributed by atoms with Crippen LogP contribution in [0.2, 0.25) is 0 Å². The number of amides is 2. The van der Waals surface area contributed by atoms with Crippen molar-refractivity contribution >= 4 is 17.5 Å². The van der Waals surface area contributed by atoms with Gasteiger partial charge in [0, 0.05) is 25.8 Å². The molecule has 6 heteroatoms. The Labute approximate surface area is 171 Å². The predicted octanol–water partition coefficient (Wildman–Crippen LogP) is 3.68. The van der Waals surface area contributed by atoms with E-state index in [0.717, 1.165) is 29.0 Å². The van der Waals surface area contributed by atoms with E-state index in [1.807, 2.05) is 61.5 Å². The van der Waals surface area contributed by atoms with Gasteiger partial charge in [0.25, 0.3) is 0 Å². The van der Waals surface area contributed by atoms with Gasteiger partial charge < -0.3 is 10.1 Å². The maximum atomic E-state index is 12.9. The minimum absolute atomic E-state index is 0.104. The molecule has 0 saturated heterocycles. The summed E-state index contributed by atoms with van der Waals surface area (Å²) in [6.45, 7) is 2.62. The van der Waals surface area contributed by atoms with Crippen LogP contribution in [0.3, 0.4) is 0 Å². The highest BCUT2D eigenvalue weighted by Gasteiger charge is 2.33.